The number of hydrogen-bond donors (Lipinski definition) is 4. The first-order valence-electron chi connectivity index (χ1n) is 3.19. The fraction of sp³-hybridized carbons (Fsp3) is 1.00. The molecule has 0 radical (unpaired) electrons. The van der Waals surface area contributed by atoms with E-state index in [1.807, 2.05) is 6.92 Å². The van der Waals surface area contributed by atoms with E-state index >= 15 is 0 Å². The fourth-order valence-electron chi connectivity index (χ4n) is 0.0707. The van der Waals surface area contributed by atoms with Crippen LogP contribution in [0.1, 0.15) is 13.3 Å². The number of aliphatic hydroxyl groups excluding tert-OH is 2. The molecule has 0 aromatic rings. The average Bonchev–Trinajstić information content (AvgIpc) is 1.91. The van der Waals surface area contributed by atoms with Crippen molar-refractivity contribution in [1.82, 2.24) is 0 Å². The Morgan fingerprint density at radius 1 is 1.40 bits per heavy atom. The van der Waals surface area contributed by atoms with Gasteiger partial charge in [0.1, 0.15) is 0 Å². The Balaban J connectivity index is 0. The summed E-state index contributed by atoms with van der Waals surface area (Å²) in [7, 11) is 0. The molecule has 2 N–H and O–H groups in total. The molecule has 0 saturated heterocycles. The lowest BCUT2D eigenvalue weighted by atomic mass is 10.5. The molecule has 0 aromatic heterocycles. The van der Waals surface area contributed by atoms with E-state index < -0.39 is 0 Å². The molecule has 0 rings (SSSR count). The van der Waals surface area contributed by atoms with Gasteiger partial charge in [-0.05, 0) is 12.2 Å². The highest BCUT2D eigenvalue weighted by molar-refractivity contribution is 7.81. The highest BCUT2D eigenvalue weighted by Crippen LogP contribution is 1.85. The third-order valence-corrected chi connectivity index (χ3v) is 1.06. The van der Waals surface area contributed by atoms with Crippen molar-refractivity contribution in [2.75, 3.05) is 19.0 Å². The van der Waals surface area contributed by atoms with Gasteiger partial charge in [0.15, 0.2) is 0 Å². The lowest BCUT2D eigenvalue weighted by Crippen LogP contribution is -1.95. The second-order valence-electron chi connectivity index (χ2n) is 1.83. The van der Waals surface area contributed by atoms with E-state index in [2.05, 4.69) is 25.3 Å². The van der Waals surface area contributed by atoms with E-state index in [-0.39, 0.29) is 18.5 Å². The Bertz CT molecular complexity index is 49.0. The van der Waals surface area contributed by atoms with E-state index in [1.165, 1.54) is 0 Å². The van der Waals surface area contributed by atoms with Crippen molar-refractivity contribution in [3.8, 4) is 0 Å². The van der Waals surface area contributed by atoms with Crippen LogP contribution in [0.25, 0.3) is 0 Å². The van der Waals surface area contributed by atoms with Gasteiger partial charge in [0.05, 0.1) is 6.61 Å². The van der Waals surface area contributed by atoms with Crippen molar-refractivity contribution in [3.05, 3.63) is 0 Å². The van der Waals surface area contributed by atoms with Crippen LogP contribution >= 0.6 is 25.3 Å². The maximum Gasteiger partial charge on any atom is 0.0544 e. The smallest absolute Gasteiger partial charge is 0.0544 e. The zero-order chi connectivity index (χ0) is 8.41. The quantitative estimate of drug-likeness (QED) is 0.485. The predicted molar refractivity (Wildman–Crippen MR) is 51.1 cm³/mol. The molecule has 0 bridgehead atoms. The SMILES string of the molecule is CC(S)CO.OCCCS. The van der Waals surface area contributed by atoms with Crippen LogP contribution in [0.4, 0.5) is 0 Å². The van der Waals surface area contributed by atoms with Crippen LogP contribution in [-0.2, 0) is 0 Å². The molecule has 0 heterocycles. The third kappa shape index (κ3) is 23.4. The second kappa shape index (κ2) is 12.3. The van der Waals surface area contributed by atoms with Crippen LogP contribution in [0.3, 0.4) is 0 Å². The molecule has 0 spiro atoms. The Kier molecular flexibility index (Phi) is 16.3. The average molecular weight is 184 g/mol. The zero-order valence-corrected chi connectivity index (χ0v) is 7.98. The van der Waals surface area contributed by atoms with Gasteiger partial charge in [0.25, 0.3) is 0 Å². The summed E-state index contributed by atoms with van der Waals surface area (Å²) in [6.45, 7) is 2.27. The van der Waals surface area contributed by atoms with E-state index in [1.54, 1.807) is 0 Å². The lowest BCUT2D eigenvalue weighted by Gasteiger charge is -1.89. The normalized spacial score (nSPS) is 11.7. The number of hydrogen-bond acceptors (Lipinski definition) is 4. The van der Waals surface area contributed by atoms with Gasteiger partial charge >= 0.3 is 0 Å². The van der Waals surface area contributed by atoms with Gasteiger partial charge in [-0.25, -0.2) is 0 Å². The van der Waals surface area contributed by atoms with Crippen molar-refractivity contribution in [2.45, 2.75) is 18.6 Å². The highest BCUT2D eigenvalue weighted by Gasteiger charge is 1.82. The Morgan fingerprint density at radius 2 is 1.80 bits per heavy atom. The van der Waals surface area contributed by atoms with Gasteiger partial charge in [-0.2, -0.15) is 25.3 Å². The second-order valence-corrected chi connectivity index (χ2v) is 3.16. The van der Waals surface area contributed by atoms with Crippen molar-refractivity contribution in [1.29, 1.82) is 0 Å². The van der Waals surface area contributed by atoms with Gasteiger partial charge < -0.3 is 10.2 Å². The van der Waals surface area contributed by atoms with Crippen LogP contribution in [0.2, 0.25) is 0 Å². The summed E-state index contributed by atoms with van der Waals surface area (Å²) in [4.78, 5) is 0. The zero-order valence-electron chi connectivity index (χ0n) is 6.19. The number of aliphatic hydroxyl groups is 2. The minimum absolute atomic E-state index is 0.134. The van der Waals surface area contributed by atoms with Crippen LogP contribution in [-0.4, -0.2) is 34.4 Å². The van der Waals surface area contributed by atoms with Crippen molar-refractivity contribution < 1.29 is 10.2 Å². The maximum atomic E-state index is 8.07. The first-order chi connectivity index (χ1) is 4.68. The van der Waals surface area contributed by atoms with E-state index in [0.717, 1.165) is 12.2 Å². The first-order valence-corrected chi connectivity index (χ1v) is 4.34. The molecule has 0 aliphatic heterocycles. The van der Waals surface area contributed by atoms with Gasteiger partial charge in [-0.1, -0.05) is 6.92 Å². The molecule has 0 aliphatic carbocycles. The highest BCUT2D eigenvalue weighted by atomic mass is 32.1. The van der Waals surface area contributed by atoms with E-state index in [9.17, 15) is 0 Å². The van der Waals surface area contributed by atoms with Gasteiger partial charge in [0.2, 0.25) is 0 Å². The monoisotopic (exact) mass is 184 g/mol. The van der Waals surface area contributed by atoms with Gasteiger partial charge in [0, 0.05) is 11.9 Å². The molecule has 0 aromatic carbocycles. The minimum atomic E-state index is 0.134. The molecule has 0 aliphatic rings. The fourth-order valence-corrected chi connectivity index (χ4v) is 0.212. The van der Waals surface area contributed by atoms with Crippen molar-refractivity contribution >= 4 is 25.3 Å². The Hall–Kier alpha value is 0.620. The van der Waals surface area contributed by atoms with Crippen molar-refractivity contribution in [3.63, 3.8) is 0 Å². The molecule has 2 nitrogen and oxygen atoms in total. The van der Waals surface area contributed by atoms with Crippen LogP contribution < -0.4 is 0 Å². The summed E-state index contributed by atoms with van der Waals surface area (Å²) >= 11 is 7.69. The Morgan fingerprint density at radius 3 is 1.80 bits per heavy atom. The Labute approximate surface area is 73.5 Å². The van der Waals surface area contributed by atoms with Gasteiger partial charge in [-0.3, -0.25) is 0 Å². The predicted octanol–water partition coefficient (Wildman–Crippen LogP) is 0.596. The molecular weight excluding hydrogens is 168 g/mol. The third-order valence-electron chi connectivity index (χ3n) is 0.580. The molecule has 10 heavy (non-hydrogen) atoms. The summed E-state index contributed by atoms with van der Waals surface area (Å²) in [6, 6.07) is 0. The molecule has 4 heteroatoms. The summed E-state index contributed by atoms with van der Waals surface area (Å²) < 4.78 is 0. The largest absolute Gasteiger partial charge is 0.396 e. The molecule has 64 valence electrons. The summed E-state index contributed by atoms with van der Waals surface area (Å²) in [6.07, 6.45) is 0.809. The minimum Gasteiger partial charge on any atom is -0.396 e. The summed E-state index contributed by atoms with van der Waals surface area (Å²) in [5.74, 6) is 0.788. The standard InChI is InChI=1S/2C3H8OS/c1-3(5)2-4;4-2-1-3-5/h3-5H,2H2,1H3;4-5H,1-3H2. The molecule has 1 unspecified atom stereocenters. The summed E-state index contributed by atoms with van der Waals surface area (Å²) in [5, 5.41) is 16.2. The van der Waals surface area contributed by atoms with E-state index in [0.29, 0.717) is 0 Å². The van der Waals surface area contributed by atoms with Gasteiger partial charge in [-0.15, -0.1) is 0 Å². The maximum absolute atomic E-state index is 8.07. The number of rotatable bonds is 3. The molecule has 0 fully saturated rings. The molecule has 1 atom stereocenters. The molecule has 0 saturated carbocycles. The molecular formula is C6H16O2S2. The van der Waals surface area contributed by atoms with Crippen molar-refractivity contribution in [2.24, 2.45) is 0 Å². The van der Waals surface area contributed by atoms with Crippen LogP contribution in [0.15, 0.2) is 0 Å². The van der Waals surface area contributed by atoms with Crippen LogP contribution in [0, 0.1) is 0 Å². The first kappa shape index (κ1) is 13.2. The molecule has 0 amide bonds. The van der Waals surface area contributed by atoms with E-state index in [4.69, 9.17) is 10.2 Å². The topological polar surface area (TPSA) is 40.5 Å². The lowest BCUT2D eigenvalue weighted by molar-refractivity contribution is 0.296. The van der Waals surface area contributed by atoms with Crippen LogP contribution in [0.5, 0.6) is 0 Å². The summed E-state index contributed by atoms with van der Waals surface area (Å²) in [5.41, 5.74) is 0. The number of thiol groups is 2.